The number of thioether (sulfide) groups is 1. The van der Waals surface area contributed by atoms with E-state index in [9.17, 15) is 4.79 Å². The zero-order valence-corrected chi connectivity index (χ0v) is 11.8. The molecule has 0 aliphatic carbocycles. The lowest BCUT2D eigenvalue weighted by Gasteiger charge is -2.32. The van der Waals surface area contributed by atoms with Gasteiger partial charge in [-0.2, -0.15) is 11.8 Å². The van der Waals surface area contributed by atoms with Gasteiger partial charge < -0.3 is 10.6 Å². The van der Waals surface area contributed by atoms with Gasteiger partial charge in [0.25, 0.3) is 5.91 Å². The first-order valence-electron chi connectivity index (χ1n) is 5.94. The highest BCUT2D eigenvalue weighted by Crippen LogP contribution is 2.23. The zero-order chi connectivity index (χ0) is 13.1. The molecule has 98 valence electrons. The average Bonchev–Trinajstić information content (AvgIpc) is 2.37. The van der Waals surface area contributed by atoms with Crippen LogP contribution in [0.15, 0.2) is 12.1 Å². The largest absolute Gasteiger partial charge is 0.384 e. The van der Waals surface area contributed by atoms with Gasteiger partial charge in [-0.1, -0.05) is 18.5 Å². The van der Waals surface area contributed by atoms with Crippen LogP contribution in [0.5, 0.6) is 0 Å². The van der Waals surface area contributed by atoms with E-state index >= 15 is 0 Å². The van der Waals surface area contributed by atoms with E-state index in [0.29, 0.717) is 10.8 Å². The molecule has 2 N–H and O–H groups in total. The molecule has 0 radical (unpaired) electrons. The number of nitrogens with zero attached hydrogens (tertiary/aromatic N) is 2. The molecule has 0 aromatic carbocycles. The summed E-state index contributed by atoms with van der Waals surface area (Å²) in [6.07, 6.45) is 1.08. The molecule has 2 heterocycles. The molecule has 1 aromatic heterocycles. The first kappa shape index (κ1) is 13.5. The first-order chi connectivity index (χ1) is 8.60. The van der Waals surface area contributed by atoms with Crippen molar-refractivity contribution in [2.45, 2.75) is 18.6 Å². The minimum Gasteiger partial charge on any atom is -0.384 e. The Balaban J connectivity index is 2.15. The fourth-order valence-electron chi connectivity index (χ4n) is 1.97. The number of anilines is 1. The van der Waals surface area contributed by atoms with Gasteiger partial charge in [-0.05, 0) is 18.6 Å². The van der Waals surface area contributed by atoms with Crippen LogP contribution in [0.4, 0.5) is 5.82 Å². The molecule has 0 bridgehead atoms. The quantitative estimate of drug-likeness (QED) is 0.847. The summed E-state index contributed by atoms with van der Waals surface area (Å²) in [5, 5.41) is 0.786. The predicted molar refractivity (Wildman–Crippen MR) is 76.1 cm³/mol. The van der Waals surface area contributed by atoms with Gasteiger partial charge in [-0.3, -0.25) is 4.79 Å². The number of carbonyl (C=O) groups excluding carboxylic acids is 1. The molecule has 1 aliphatic heterocycles. The topological polar surface area (TPSA) is 59.2 Å². The number of amides is 1. The number of aromatic nitrogens is 1. The second kappa shape index (κ2) is 5.80. The van der Waals surface area contributed by atoms with E-state index in [2.05, 4.69) is 11.9 Å². The highest BCUT2D eigenvalue weighted by molar-refractivity contribution is 8.00. The number of rotatable bonds is 2. The van der Waals surface area contributed by atoms with Crippen molar-refractivity contribution < 1.29 is 4.79 Å². The highest BCUT2D eigenvalue weighted by Gasteiger charge is 2.24. The van der Waals surface area contributed by atoms with Crippen LogP contribution in [-0.4, -0.2) is 39.9 Å². The van der Waals surface area contributed by atoms with Gasteiger partial charge in [-0.15, -0.1) is 0 Å². The van der Waals surface area contributed by atoms with E-state index < -0.39 is 0 Å². The molecule has 0 spiro atoms. The molecule has 1 amide bonds. The number of nitrogens with two attached hydrogens (primary N) is 1. The summed E-state index contributed by atoms with van der Waals surface area (Å²) in [5.74, 6) is 1.26. The van der Waals surface area contributed by atoms with Gasteiger partial charge in [0.15, 0.2) is 0 Å². The molecule has 1 aromatic rings. The van der Waals surface area contributed by atoms with Crippen LogP contribution in [0.25, 0.3) is 0 Å². The molecule has 6 heteroatoms. The van der Waals surface area contributed by atoms with Crippen LogP contribution in [-0.2, 0) is 0 Å². The van der Waals surface area contributed by atoms with Crippen LogP contribution in [0.3, 0.4) is 0 Å². The van der Waals surface area contributed by atoms with E-state index in [1.807, 2.05) is 16.7 Å². The van der Waals surface area contributed by atoms with Gasteiger partial charge in [0.05, 0.1) is 0 Å². The number of hydrogen-bond donors (Lipinski definition) is 1. The Kier molecular flexibility index (Phi) is 4.35. The summed E-state index contributed by atoms with van der Waals surface area (Å²) >= 11 is 7.75. The molecule has 0 saturated carbocycles. The van der Waals surface area contributed by atoms with Crippen molar-refractivity contribution in [1.29, 1.82) is 0 Å². The summed E-state index contributed by atoms with van der Waals surface area (Å²) in [4.78, 5) is 18.1. The Morgan fingerprint density at radius 3 is 3.11 bits per heavy atom. The third-order valence-electron chi connectivity index (χ3n) is 2.94. The zero-order valence-electron chi connectivity index (χ0n) is 10.2. The number of nitrogen functional groups attached to an aromatic ring is 1. The maximum atomic E-state index is 12.3. The molecule has 1 fully saturated rings. The van der Waals surface area contributed by atoms with Crippen molar-refractivity contribution in [2.24, 2.45) is 0 Å². The van der Waals surface area contributed by atoms with Crippen LogP contribution >= 0.6 is 23.4 Å². The maximum absolute atomic E-state index is 12.3. The highest BCUT2D eigenvalue weighted by atomic mass is 35.5. The Morgan fingerprint density at radius 1 is 1.67 bits per heavy atom. The molecule has 1 unspecified atom stereocenters. The SMILES string of the molecule is CCC1CN(C(=O)c2cc(N)nc(Cl)c2)CCS1. The first-order valence-corrected chi connectivity index (χ1v) is 7.36. The molecule has 18 heavy (non-hydrogen) atoms. The minimum atomic E-state index is -0.00949. The molecule has 1 aliphatic rings. The molecule has 1 atom stereocenters. The predicted octanol–water partition coefficient (Wildman–Crippen LogP) is 2.28. The number of halogens is 1. The van der Waals surface area contributed by atoms with Gasteiger partial charge in [0, 0.05) is 29.7 Å². The summed E-state index contributed by atoms with van der Waals surface area (Å²) in [6.45, 7) is 3.71. The minimum absolute atomic E-state index is 0.00949. The fourth-order valence-corrected chi connectivity index (χ4v) is 3.37. The van der Waals surface area contributed by atoms with E-state index in [0.717, 1.165) is 25.3 Å². The number of carbonyl (C=O) groups is 1. The van der Waals surface area contributed by atoms with E-state index in [1.54, 1.807) is 12.1 Å². The van der Waals surface area contributed by atoms with E-state index in [1.165, 1.54) is 0 Å². The second-order valence-electron chi connectivity index (χ2n) is 4.26. The van der Waals surface area contributed by atoms with Crippen LogP contribution in [0.2, 0.25) is 5.15 Å². The van der Waals surface area contributed by atoms with Crippen molar-refractivity contribution in [3.05, 3.63) is 22.8 Å². The molecule has 4 nitrogen and oxygen atoms in total. The summed E-state index contributed by atoms with van der Waals surface area (Å²) < 4.78 is 0. The summed E-state index contributed by atoms with van der Waals surface area (Å²) in [6, 6.07) is 3.15. The maximum Gasteiger partial charge on any atom is 0.254 e. The lowest BCUT2D eigenvalue weighted by Crippen LogP contribution is -2.41. The third-order valence-corrected chi connectivity index (χ3v) is 4.51. The Bertz CT molecular complexity index is 435. The van der Waals surface area contributed by atoms with Crippen molar-refractivity contribution in [1.82, 2.24) is 9.88 Å². The molecule has 2 rings (SSSR count). The van der Waals surface area contributed by atoms with Gasteiger partial charge in [0.2, 0.25) is 0 Å². The van der Waals surface area contributed by atoms with Crippen molar-refractivity contribution in [3.63, 3.8) is 0 Å². The van der Waals surface area contributed by atoms with Crippen LogP contribution in [0, 0.1) is 0 Å². The number of pyridine rings is 1. The Morgan fingerprint density at radius 2 is 2.44 bits per heavy atom. The normalized spacial score (nSPS) is 19.9. The number of hydrogen-bond acceptors (Lipinski definition) is 4. The van der Waals surface area contributed by atoms with Crippen molar-refractivity contribution >= 4 is 35.1 Å². The van der Waals surface area contributed by atoms with Crippen LogP contribution in [0.1, 0.15) is 23.7 Å². The average molecular weight is 286 g/mol. The van der Waals surface area contributed by atoms with Crippen LogP contribution < -0.4 is 5.73 Å². The van der Waals surface area contributed by atoms with E-state index in [4.69, 9.17) is 17.3 Å². The summed E-state index contributed by atoms with van der Waals surface area (Å²) in [7, 11) is 0. The van der Waals surface area contributed by atoms with Gasteiger partial charge in [-0.25, -0.2) is 4.98 Å². The van der Waals surface area contributed by atoms with Gasteiger partial charge >= 0.3 is 0 Å². The molecule has 1 saturated heterocycles. The third kappa shape index (κ3) is 3.09. The summed E-state index contributed by atoms with van der Waals surface area (Å²) in [5.41, 5.74) is 6.13. The Labute approximate surface area is 116 Å². The lowest BCUT2D eigenvalue weighted by molar-refractivity contribution is 0.0761. The molecular formula is C12H16ClN3OS. The van der Waals surface area contributed by atoms with Crippen molar-refractivity contribution in [3.8, 4) is 0 Å². The fraction of sp³-hybridized carbons (Fsp3) is 0.500. The standard InChI is InChI=1S/C12H16ClN3OS/c1-2-9-7-16(3-4-18-9)12(17)8-5-10(13)15-11(14)6-8/h5-6,9H,2-4,7H2,1H3,(H2,14,15). The monoisotopic (exact) mass is 285 g/mol. The van der Waals surface area contributed by atoms with Gasteiger partial charge in [0.1, 0.15) is 11.0 Å². The Hall–Kier alpha value is -0.940. The van der Waals surface area contributed by atoms with Crippen molar-refractivity contribution in [2.75, 3.05) is 24.6 Å². The smallest absolute Gasteiger partial charge is 0.254 e. The molecular weight excluding hydrogens is 270 g/mol. The lowest BCUT2D eigenvalue weighted by atomic mass is 10.2. The second-order valence-corrected chi connectivity index (χ2v) is 6.05. The van der Waals surface area contributed by atoms with E-state index in [-0.39, 0.29) is 16.9 Å².